The second-order valence-corrected chi connectivity index (χ2v) is 4.46. The number of hydrogen-bond donors (Lipinski definition) is 1. The molecule has 1 atom stereocenters. The monoisotopic (exact) mass is 264 g/mol. The average Bonchev–Trinajstić information content (AvgIpc) is 2.46. The van der Waals surface area contributed by atoms with Gasteiger partial charge in [-0.2, -0.15) is 0 Å². The van der Waals surface area contributed by atoms with E-state index < -0.39 is 0 Å². The fourth-order valence-corrected chi connectivity index (χ4v) is 1.95. The predicted octanol–water partition coefficient (Wildman–Crippen LogP) is 2.04. The third-order valence-electron chi connectivity index (χ3n) is 3.19. The Kier molecular flexibility index (Phi) is 6.36. The lowest BCUT2D eigenvalue weighted by Gasteiger charge is -2.23. The van der Waals surface area contributed by atoms with E-state index in [1.807, 2.05) is 49.9 Å². The van der Waals surface area contributed by atoms with Gasteiger partial charge in [-0.3, -0.25) is 4.79 Å². The highest BCUT2D eigenvalue weighted by Crippen LogP contribution is 2.12. The van der Waals surface area contributed by atoms with Gasteiger partial charge in [0.15, 0.2) is 0 Å². The molecule has 0 aliphatic heterocycles. The lowest BCUT2D eigenvalue weighted by atomic mass is 10.2. The summed E-state index contributed by atoms with van der Waals surface area (Å²) in [5, 5.41) is 3.25. The largest absolute Gasteiger partial charge is 0.497 e. The van der Waals surface area contributed by atoms with Crippen molar-refractivity contribution in [3.05, 3.63) is 29.8 Å². The van der Waals surface area contributed by atoms with Crippen LogP contribution in [0.3, 0.4) is 0 Å². The van der Waals surface area contributed by atoms with Gasteiger partial charge in [-0.25, -0.2) is 0 Å². The summed E-state index contributed by atoms with van der Waals surface area (Å²) < 4.78 is 5.18. The second kappa shape index (κ2) is 7.79. The molecule has 4 heteroatoms. The highest BCUT2D eigenvalue weighted by Gasteiger charge is 2.17. The number of rotatable bonds is 7. The molecule has 0 saturated heterocycles. The molecule has 1 aromatic carbocycles. The summed E-state index contributed by atoms with van der Waals surface area (Å²) in [6, 6.07) is 7.68. The molecule has 0 spiro atoms. The Morgan fingerprint density at radius 1 is 1.37 bits per heavy atom. The van der Waals surface area contributed by atoms with E-state index in [1.54, 1.807) is 7.11 Å². The van der Waals surface area contributed by atoms with Crippen LogP contribution in [0, 0.1) is 0 Å². The number of nitrogens with zero attached hydrogens (tertiary/aromatic N) is 1. The van der Waals surface area contributed by atoms with Gasteiger partial charge in [-0.1, -0.05) is 12.1 Å². The molecule has 0 aromatic heterocycles. The van der Waals surface area contributed by atoms with Gasteiger partial charge in [0.25, 0.3) is 0 Å². The number of nitrogens with one attached hydrogen (secondary N) is 1. The highest BCUT2D eigenvalue weighted by molar-refractivity contribution is 5.81. The molecular formula is C15H24N2O2. The smallest absolute Gasteiger partial charge is 0.239 e. The van der Waals surface area contributed by atoms with Gasteiger partial charge in [0, 0.05) is 19.6 Å². The maximum absolute atomic E-state index is 12.1. The van der Waals surface area contributed by atoms with E-state index in [1.165, 1.54) is 0 Å². The lowest BCUT2D eigenvalue weighted by Crippen LogP contribution is -2.44. The Labute approximate surface area is 115 Å². The molecule has 0 aliphatic carbocycles. The fourth-order valence-electron chi connectivity index (χ4n) is 1.95. The van der Waals surface area contributed by atoms with Crippen molar-refractivity contribution in [3.8, 4) is 5.75 Å². The normalized spacial score (nSPS) is 12.0. The molecule has 0 saturated carbocycles. The molecule has 0 fully saturated rings. The van der Waals surface area contributed by atoms with Crippen LogP contribution in [-0.4, -0.2) is 37.0 Å². The molecular weight excluding hydrogens is 240 g/mol. The molecule has 1 N–H and O–H groups in total. The van der Waals surface area contributed by atoms with E-state index in [4.69, 9.17) is 4.74 Å². The van der Waals surface area contributed by atoms with E-state index in [9.17, 15) is 4.79 Å². The maximum Gasteiger partial charge on any atom is 0.239 e. The summed E-state index contributed by atoms with van der Waals surface area (Å²) in [7, 11) is 1.65. The van der Waals surface area contributed by atoms with Gasteiger partial charge < -0.3 is 15.0 Å². The van der Waals surface area contributed by atoms with Gasteiger partial charge in [0.1, 0.15) is 5.75 Å². The number of benzene rings is 1. The molecule has 1 unspecified atom stereocenters. The van der Waals surface area contributed by atoms with Crippen molar-refractivity contribution in [1.82, 2.24) is 10.2 Å². The zero-order valence-electron chi connectivity index (χ0n) is 12.3. The number of carbonyl (C=O) groups is 1. The molecule has 0 heterocycles. The molecule has 0 bridgehead atoms. The summed E-state index contributed by atoms with van der Waals surface area (Å²) in [4.78, 5) is 13.9. The number of ether oxygens (including phenoxy) is 1. The second-order valence-electron chi connectivity index (χ2n) is 4.46. The lowest BCUT2D eigenvalue weighted by molar-refractivity contribution is -0.132. The topological polar surface area (TPSA) is 41.6 Å². The quantitative estimate of drug-likeness (QED) is 0.819. The van der Waals surface area contributed by atoms with Crippen molar-refractivity contribution in [2.75, 3.05) is 20.2 Å². The van der Waals surface area contributed by atoms with Crippen molar-refractivity contribution in [3.63, 3.8) is 0 Å². The third kappa shape index (κ3) is 4.56. The van der Waals surface area contributed by atoms with Gasteiger partial charge in [-0.15, -0.1) is 0 Å². The van der Waals surface area contributed by atoms with Crippen LogP contribution in [-0.2, 0) is 11.3 Å². The minimum absolute atomic E-state index is 0.146. The predicted molar refractivity (Wildman–Crippen MR) is 77.2 cm³/mol. The molecule has 1 aromatic rings. The standard InChI is InChI=1S/C15H24N2O2/c1-5-17(6-2)15(18)12(3)16-11-13-8-7-9-14(10-13)19-4/h7-10,12,16H,5-6,11H2,1-4H3. The van der Waals surface area contributed by atoms with Crippen LogP contribution in [0.4, 0.5) is 0 Å². The number of hydrogen-bond acceptors (Lipinski definition) is 3. The Morgan fingerprint density at radius 2 is 2.05 bits per heavy atom. The zero-order chi connectivity index (χ0) is 14.3. The number of likely N-dealkylation sites (N-methyl/N-ethyl adjacent to an activating group) is 1. The summed E-state index contributed by atoms with van der Waals surface area (Å²) in [6.45, 7) is 8.06. The number of amides is 1. The van der Waals surface area contributed by atoms with Gasteiger partial charge >= 0.3 is 0 Å². The number of methoxy groups -OCH3 is 1. The summed E-state index contributed by atoms with van der Waals surface area (Å²) in [6.07, 6.45) is 0. The first-order valence-corrected chi connectivity index (χ1v) is 6.77. The maximum atomic E-state index is 12.1. The number of carbonyl (C=O) groups excluding carboxylic acids is 1. The van der Waals surface area contributed by atoms with Crippen LogP contribution in [0.2, 0.25) is 0 Å². The average molecular weight is 264 g/mol. The summed E-state index contributed by atoms with van der Waals surface area (Å²) >= 11 is 0. The molecule has 0 aliphatic rings. The fraction of sp³-hybridized carbons (Fsp3) is 0.533. The Morgan fingerprint density at radius 3 is 2.63 bits per heavy atom. The van der Waals surface area contributed by atoms with Crippen molar-refractivity contribution in [2.24, 2.45) is 0 Å². The van der Waals surface area contributed by atoms with Crippen molar-refractivity contribution in [1.29, 1.82) is 0 Å². The van der Waals surface area contributed by atoms with E-state index in [2.05, 4.69) is 5.32 Å². The molecule has 19 heavy (non-hydrogen) atoms. The van der Waals surface area contributed by atoms with E-state index >= 15 is 0 Å². The van der Waals surface area contributed by atoms with E-state index in [0.717, 1.165) is 24.4 Å². The summed E-state index contributed by atoms with van der Waals surface area (Å²) in [5.41, 5.74) is 1.11. The van der Waals surface area contributed by atoms with Crippen LogP contribution in [0.1, 0.15) is 26.3 Å². The van der Waals surface area contributed by atoms with Gasteiger partial charge in [-0.05, 0) is 38.5 Å². The highest BCUT2D eigenvalue weighted by atomic mass is 16.5. The van der Waals surface area contributed by atoms with Crippen LogP contribution in [0.5, 0.6) is 5.75 Å². The molecule has 4 nitrogen and oxygen atoms in total. The molecule has 0 radical (unpaired) electrons. The first-order valence-electron chi connectivity index (χ1n) is 6.77. The molecule has 1 amide bonds. The Hall–Kier alpha value is -1.55. The van der Waals surface area contributed by atoms with Crippen molar-refractivity contribution < 1.29 is 9.53 Å². The van der Waals surface area contributed by atoms with Crippen LogP contribution >= 0.6 is 0 Å². The van der Waals surface area contributed by atoms with Gasteiger partial charge in [0.2, 0.25) is 5.91 Å². The Balaban J connectivity index is 2.53. The first-order chi connectivity index (χ1) is 9.12. The molecule has 1 rings (SSSR count). The van der Waals surface area contributed by atoms with E-state index in [0.29, 0.717) is 6.54 Å². The van der Waals surface area contributed by atoms with Crippen LogP contribution < -0.4 is 10.1 Å². The van der Waals surface area contributed by atoms with Crippen LogP contribution in [0.15, 0.2) is 24.3 Å². The SMILES string of the molecule is CCN(CC)C(=O)C(C)NCc1cccc(OC)c1. The minimum Gasteiger partial charge on any atom is -0.497 e. The Bertz CT molecular complexity index is 403. The van der Waals surface area contributed by atoms with Crippen molar-refractivity contribution in [2.45, 2.75) is 33.4 Å². The summed E-state index contributed by atoms with van der Waals surface area (Å²) in [5.74, 6) is 0.981. The zero-order valence-corrected chi connectivity index (χ0v) is 12.3. The third-order valence-corrected chi connectivity index (χ3v) is 3.19. The van der Waals surface area contributed by atoms with Crippen LogP contribution in [0.25, 0.3) is 0 Å². The van der Waals surface area contributed by atoms with Gasteiger partial charge in [0.05, 0.1) is 13.2 Å². The molecule has 106 valence electrons. The first kappa shape index (κ1) is 15.5. The minimum atomic E-state index is -0.175. The van der Waals surface area contributed by atoms with Crippen molar-refractivity contribution >= 4 is 5.91 Å². The van der Waals surface area contributed by atoms with E-state index in [-0.39, 0.29) is 11.9 Å².